The first kappa shape index (κ1) is 11.4. The molecule has 3 nitrogen and oxygen atoms in total. The molecule has 88 valence electrons. The van der Waals surface area contributed by atoms with Gasteiger partial charge in [-0.2, -0.15) is 0 Å². The van der Waals surface area contributed by atoms with Gasteiger partial charge in [-0.25, -0.2) is 4.39 Å². The topological polar surface area (TPSA) is 34.1 Å². The van der Waals surface area contributed by atoms with Gasteiger partial charge in [-0.1, -0.05) is 6.07 Å². The molecule has 0 bridgehead atoms. The van der Waals surface area contributed by atoms with E-state index in [1.165, 1.54) is 6.07 Å². The van der Waals surface area contributed by atoms with E-state index in [0.717, 1.165) is 5.56 Å². The van der Waals surface area contributed by atoms with E-state index in [2.05, 4.69) is 10.3 Å². The molecule has 0 aliphatic rings. The quantitative estimate of drug-likeness (QED) is 0.880. The molecule has 2 aromatic rings. The lowest BCUT2D eigenvalue weighted by molar-refractivity contribution is 0.414. The van der Waals surface area contributed by atoms with E-state index in [-0.39, 0.29) is 5.82 Å². The number of hydrogen-bond donors (Lipinski definition) is 1. The summed E-state index contributed by atoms with van der Waals surface area (Å²) in [6, 6.07) is 8.37. The van der Waals surface area contributed by atoms with Crippen molar-refractivity contribution >= 4 is 5.69 Å². The Labute approximate surface area is 99.3 Å². The van der Waals surface area contributed by atoms with Crippen molar-refractivity contribution in [1.29, 1.82) is 0 Å². The van der Waals surface area contributed by atoms with E-state index in [0.29, 0.717) is 18.0 Å². The molecule has 0 amide bonds. The molecule has 0 fully saturated rings. The van der Waals surface area contributed by atoms with Crippen LogP contribution < -0.4 is 10.1 Å². The summed E-state index contributed by atoms with van der Waals surface area (Å²) in [6.07, 6.45) is 3.45. The van der Waals surface area contributed by atoms with Crippen LogP contribution in [0.1, 0.15) is 5.56 Å². The fourth-order valence-corrected chi connectivity index (χ4v) is 1.47. The van der Waals surface area contributed by atoms with E-state index in [9.17, 15) is 4.39 Å². The molecule has 1 N–H and O–H groups in total. The normalized spacial score (nSPS) is 10.0. The highest BCUT2D eigenvalue weighted by Gasteiger charge is 2.03. The average Bonchev–Trinajstić information content (AvgIpc) is 2.39. The van der Waals surface area contributed by atoms with E-state index in [1.807, 2.05) is 12.1 Å². The second-order valence-electron chi connectivity index (χ2n) is 3.56. The second-order valence-corrected chi connectivity index (χ2v) is 3.56. The number of ether oxygens (including phenoxy) is 1. The zero-order valence-electron chi connectivity index (χ0n) is 9.48. The molecular formula is C13H13FN2O. The minimum absolute atomic E-state index is 0.297. The predicted octanol–water partition coefficient (Wildman–Crippen LogP) is 2.84. The highest BCUT2D eigenvalue weighted by Crippen LogP contribution is 2.21. The summed E-state index contributed by atoms with van der Waals surface area (Å²) in [6.45, 7) is 0.526. The minimum atomic E-state index is -0.297. The van der Waals surface area contributed by atoms with Crippen LogP contribution in [0.25, 0.3) is 0 Å². The first-order valence-corrected chi connectivity index (χ1v) is 5.26. The van der Waals surface area contributed by atoms with Crippen molar-refractivity contribution < 1.29 is 9.13 Å². The van der Waals surface area contributed by atoms with E-state index < -0.39 is 0 Å². The standard InChI is InChI=1S/C13H13FN2O/c1-17-11-4-5-12(14)13(7-11)16-9-10-3-2-6-15-8-10/h2-8,16H,9H2,1H3. The molecule has 0 unspecified atom stereocenters. The third-order valence-corrected chi connectivity index (χ3v) is 2.38. The maximum atomic E-state index is 13.5. The number of pyridine rings is 1. The van der Waals surface area contributed by atoms with Crippen molar-refractivity contribution in [1.82, 2.24) is 4.98 Å². The number of halogens is 1. The molecule has 0 aliphatic carbocycles. The number of nitrogens with one attached hydrogen (secondary N) is 1. The van der Waals surface area contributed by atoms with E-state index >= 15 is 0 Å². The summed E-state index contributed by atoms with van der Waals surface area (Å²) in [5, 5.41) is 3.01. The molecule has 1 aromatic carbocycles. The summed E-state index contributed by atoms with van der Waals surface area (Å²) in [5.74, 6) is 0.328. The predicted molar refractivity (Wildman–Crippen MR) is 64.5 cm³/mol. The van der Waals surface area contributed by atoms with Crippen LogP contribution in [0.15, 0.2) is 42.7 Å². The van der Waals surface area contributed by atoms with E-state index in [1.54, 1.807) is 31.6 Å². The molecule has 0 saturated heterocycles. The Bertz CT molecular complexity index is 488. The number of methoxy groups -OCH3 is 1. The van der Waals surface area contributed by atoms with Gasteiger partial charge in [0.2, 0.25) is 0 Å². The lowest BCUT2D eigenvalue weighted by Crippen LogP contribution is -2.02. The van der Waals surface area contributed by atoms with Gasteiger partial charge in [0, 0.05) is 25.0 Å². The summed E-state index contributed by atoms with van der Waals surface area (Å²) in [5.41, 5.74) is 1.42. The summed E-state index contributed by atoms with van der Waals surface area (Å²) in [4.78, 5) is 3.99. The Morgan fingerprint density at radius 2 is 2.24 bits per heavy atom. The molecule has 0 spiro atoms. The Morgan fingerprint density at radius 3 is 2.94 bits per heavy atom. The van der Waals surface area contributed by atoms with E-state index in [4.69, 9.17) is 4.74 Å². The molecule has 2 rings (SSSR count). The van der Waals surface area contributed by atoms with Gasteiger partial charge in [0.15, 0.2) is 0 Å². The van der Waals surface area contributed by atoms with Crippen LogP contribution in [-0.2, 0) is 6.54 Å². The third kappa shape index (κ3) is 2.93. The monoisotopic (exact) mass is 232 g/mol. The van der Waals surface area contributed by atoms with Gasteiger partial charge in [-0.15, -0.1) is 0 Å². The molecule has 0 aliphatic heterocycles. The smallest absolute Gasteiger partial charge is 0.146 e. The second kappa shape index (κ2) is 5.30. The van der Waals surface area contributed by atoms with Crippen LogP contribution >= 0.6 is 0 Å². The first-order valence-electron chi connectivity index (χ1n) is 5.26. The average molecular weight is 232 g/mol. The van der Waals surface area contributed by atoms with Crippen molar-refractivity contribution in [3.63, 3.8) is 0 Å². The molecule has 17 heavy (non-hydrogen) atoms. The molecule has 1 aromatic heterocycles. The lowest BCUT2D eigenvalue weighted by atomic mass is 10.2. The zero-order chi connectivity index (χ0) is 12.1. The highest BCUT2D eigenvalue weighted by atomic mass is 19.1. The number of aromatic nitrogens is 1. The molecule has 0 saturated carbocycles. The number of hydrogen-bond acceptors (Lipinski definition) is 3. The number of rotatable bonds is 4. The highest BCUT2D eigenvalue weighted by molar-refractivity contribution is 5.49. The van der Waals surface area contributed by atoms with Gasteiger partial charge in [-0.3, -0.25) is 4.98 Å². The van der Waals surface area contributed by atoms with Gasteiger partial charge in [0.1, 0.15) is 11.6 Å². The number of nitrogens with zero attached hydrogens (tertiary/aromatic N) is 1. The largest absolute Gasteiger partial charge is 0.497 e. The summed E-state index contributed by atoms with van der Waals surface area (Å²) < 4.78 is 18.5. The molecular weight excluding hydrogens is 219 g/mol. The minimum Gasteiger partial charge on any atom is -0.497 e. The van der Waals surface area contributed by atoms with Crippen molar-refractivity contribution in [3.8, 4) is 5.75 Å². The maximum Gasteiger partial charge on any atom is 0.146 e. The fraction of sp³-hybridized carbons (Fsp3) is 0.154. The van der Waals surface area contributed by atoms with Crippen LogP contribution in [0.5, 0.6) is 5.75 Å². The maximum absolute atomic E-state index is 13.5. The van der Waals surface area contributed by atoms with Gasteiger partial charge >= 0.3 is 0 Å². The molecule has 1 heterocycles. The van der Waals surface area contributed by atoms with Crippen LogP contribution in [0.2, 0.25) is 0 Å². The third-order valence-electron chi connectivity index (χ3n) is 2.38. The van der Waals surface area contributed by atoms with Gasteiger partial charge in [0.05, 0.1) is 12.8 Å². The Balaban J connectivity index is 2.08. The Hall–Kier alpha value is -2.10. The van der Waals surface area contributed by atoms with Crippen molar-refractivity contribution in [3.05, 3.63) is 54.1 Å². The Morgan fingerprint density at radius 1 is 1.35 bits per heavy atom. The van der Waals surface area contributed by atoms with Crippen LogP contribution in [0.4, 0.5) is 10.1 Å². The fourth-order valence-electron chi connectivity index (χ4n) is 1.47. The number of benzene rings is 1. The van der Waals surface area contributed by atoms with Gasteiger partial charge in [-0.05, 0) is 23.8 Å². The first-order chi connectivity index (χ1) is 8.29. The summed E-state index contributed by atoms with van der Waals surface area (Å²) in [7, 11) is 1.55. The zero-order valence-corrected chi connectivity index (χ0v) is 9.48. The molecule has 0 radical (unpaired) electrons. The van der Waals surface area contributed by atoms with Crippen LogP contribution in [-0.4, -0.2) is 12.1 Å². The number of anilines is 1. The van der Waals surface area contributed by atoms with Crippen molar-refractivity contribution in [2.45, 2.75) is 6.54 Å². The SMILES string of the molecule is COc1ccc(F)c(NCc2cccnc2)c1. The molecule has 0 atom stereocenters. The molecule has 4 heteroatoms. The Kier molecular flexibility index (Phi) is 3.55. The van der Waals surface area contributed by atoms with Crippen molar-refractivity contribution in [2.75, 3.05) is 12.4 Å². The van der Waals surface area contributed by atoms with Gasteiger partial charge < -0.3 is 10.1 Å². The van der Waals surface area contributed by atoms with Gasteiger partial charge in [0.25, 0.3) is 0 Å². The van der Waals surface area contributed by atoms with Crippen LogP contribution in [0.3, 0.4) is 0 Å². The lowest BCUT2D eigenvalue weighted by Gasteiger charge is -2.09. The summed E-state index contributed by atoms with van der Waals surface area (Å²) >= 11 is 0. The van der Waals surface area contributed by atoms with Crippen molar-refractivity contribution in [2.24, 2.45) is 0 Å². The van der Waals surface area contributed by atoms with Crippen LogP contribution in [0, 0.1) is 5.82 Å².